The van der Waals surface area contributed by atoms with Gasteiger partial charge in [-0.05, 0) is 24.6 Å². The summed E-state index contributed by atoms with van der Waals surface area (Å²) in [7, 11) is 3.91. The van der Waals surface area contributed by atoms with E-state index in [1.165, 1.54) is 4.90 Å². The predicted molar refractivity (Wildman–Crippen MR) is 86.4 cm³/mol. The second kappa shape index (κ2) is 6.91. The normalized spacial score (nSPS) is 10.4. The van der Waals surface area contributed by atoms with Crippen molar-refractivity contribution in [3.63, 3.8) is 0 Å². The Morgan fingerprint density at radius 2 is 1.96 bits per heavy atom. The van der Waals surface area contributed by atoms with Crippen LogP contribution in [0.2, 0.25) is 0 Å². The number of carbonyl (C=O) groups excluding carboxylic acids is 1. The average molecular weight is 317 g/mol. The number of aromatic nitrogens is 2. The highest BCUT2D eigenvalue weighted by Gasteiger charge is 2.26. The second-order valence-electron chi connectivity index (χ2n) is 5.27. The summed E-state index contributed by atoms with van der Waals surface area (Å²) >= 11 is 0. The number of hydrogen-bond acceptors (Lipinski definition) is 5. The average Bonchev–Trinajstić information content (AvgIpc) is 3.02. The van der Waals surface area contributed by atoms with E-state index in [-0.39, 0.29) is 11.4 Å². The number of H-pyrrole nitrogens is 1. The fraction of sp³-hybridized carbons (Fsp3) is 0.333. The van der Waals surface area contributed by atoms with E-state index in [1.54, 1.807) is 0 Å². The van der Waals surface area contributed by atoms with Crippen molar-refractivity contribution in [1.82, 2.24) is 15.1 Å². The third-order valence-electron chi connectivity index (χ3n) is 3.52. The number of rotatable bonds is 6. The van der Waals surface area contributed by atoms with Gasteiger partial charge >= 0.3 is 5.69 Å². The summed E-state index contributed by atoms with van der Waals surface area (Å²) in [4.78, 5) is 26.3. The number of nitro groups is 1. The van der Waals surface area contributed by atoms with Crippen LogP contribution in [-0.4, -0.2) is 46.6 Å². The summed E-state index contributed by atoms with van der Waals surface area (Å²) in [5.74, 6) is -0.437. The fourth-order valence-electron chi connectivity index (χ4n) is 2.18. The fourth-order valence-corrected chi connectivity index (χ4v) is 2.18. The van der Waals surface area contributed by atoms with E-state index < -0.39 is 10.8 Å². The minimum atomic E-state index is -0.615. The van der Waals surface area contributed by atoms with Gasteiger partial charge in [-0.15, -0.1) is 0 Å². The van der Waals surface area contributed by atoms with Crippen molar-refractivity contribution >= 4 is 17.3 Å². The second-order valence-corrected chi connectivity index (χ2v) is 5.27. The van der Waals surface area contributed by atoms with Crippen LogP contribution in [-0.2, 0) is 6.54 Å². The molecular weight excluding hydrogens is 298 g/mol. The van der Waals surface area contributed by atoms with Gasteiger partial charge in [0.1, 0.15) is 6.20 Å². The quantitative estimate of drug-likeness (QED) is 0.650. The summed E-state index contributed by atoms with van der Waals surface area (Å²) in [6, 6.07) is 7.80. The molecule has 0 atom stereocenters. The summed E-state index contributed by atoms with van der Waals surface area (Å²) in [6.07, 6.45) is 1.05. The van der Waals surface area contributed by atoms with Crippen LogP contribution in [0.15, 0.2) is 30.5 Å². The highest BCUT2D eigenvalue weighted by molar-refractivity contribution is 5.96. The van der Waals surface area contributed by atoms with E-state index in [4.69, 9.17) is 0 Å². The zero-order valence-corrected chi connectivity index (χ0v) is 13.3. The molecule has 0 saturated carbocycles. The molecule has 122 valence electrons. The molecule has 2 aromatic rings. The number of nitrogens with zero attached hydrogens (tertiary/aromatic N) is 4. The molecule has 1 amide bonds. The van der Waals surface area contributed by atoms with Crippen molar-refractivity contribution in [3.8, 4) is 0 Å². The summed E-state index contributed by atoms with van der Waals surface area (Å²) < 4.78 is 0. The first-order valence-corrected chi connectivity index (χ1v) is 7.17. The van der Waals surface area contributed by atoms with Crippen molar-refractivity contribution in [2.45, 2.75) is 13.5 Å². The minimum Gasteiger partial charge on any atom is -0.378 e. The SMILES string of the molecule is CCN(Cc1ccc(N(C)C)cc1)C(=O)c1[nH]ncc1[N+](=O)[O-]. The molecule has 0 saturated heterocycles. The maximum Gasteiger partial charge on any atom is 0.319 e. The lowest BCUT2D eigenvalue weighted by Gasteiger charge is -2.20. The van der Waals surface area contributed by atoms with Gasteiger partial charge in [0.2, 0.25) is 5.69 Å². The molecular formula is C15H19N5O3. The Morgan fingerprint density at radius 1 is 1.30 bits per heavy atom. The van der Waals surface area contributed by atoms with E-state index in [0.29, 0.717) is 13.1 Å². The van der Waals surface area contributed by atoms with E-state index in [2.05, 4.69) is 10.2 Å². The Labute approximate surface area is 133 Å². The Kier molecular flexibility index (Phi) is 4.95. The standard InChI is InChI=1S/C15H19N5O3/c1-4-19(10-11-5-7-12(8-6-11)18(2)3)15(21)14-13(20(22)23)9-16-17-14/h5-9H,4,10H2,1-3H3,(H,16,17). The number of amides is 1. The van der Waals surface area contributed by atoms with Crippen molar-refractivity contribution in [3.05, 3.63) is 51.8 Å². The third kappa shape index (κ3) is 3.65. The molecule has 1 N–H and O–H groups in total. The van der Waals surface area contributed by atoms with Crippen LogP contribution in [0.5, 0.6) is 0 Å². The Bertz CT molecular complexity index is 693. The predicted octanol–water partition coefficient (Wildman–Crippen LogP) is 2.05. The van der Waals surface area contributed by atoms with Crippen LogP contribution in [0.4, 0.5) is 11.4 Å². The van der Waals surface area contributed by atoms with Crippen LogP contribution in [0.3, 0.4) is 0 Å². The molecule has 0 fully saturated rings. The van der Waals surface area contributed by atoms with Crippen LogP contribution in [0.25, 0.3) is 0 Å². The largest absolute Gasteiger partial charge is 0.378 e. The van der Waals surface area contributed by atoms with E-state index in [0.717, 1.165) is 17.4 Å². The van der Waals surface area contributed by atoms with E-state index >= 15 is 0 Å². The topological polar surface area (TPSA) is 95.4 Å². The number of anilines is 1. The molecule has 0 bridgehead atoms. The number of nitrogens with one attached hydrogen (secondary N) is 1. The van der Waals surface area contributed by atoms with Gasteiger partial charge in [-0.25, -0.2) is 0 Å². The van der Waals surface area contributed by atoms with Gasteiger partial charge in [0.25, 0.3) is 5.91 Å². The van der Waals surface area contributed by atoms with Gasteiger partial charge in [-0.3, -0.25) is 20.0 Å². The zero-order chi connectivity index (χ0) is 17.0. The van der Waals surface area contributed by atoms with Gasteiger partial charge in [-0.1, -0.05) is 12.1 Å². The first-order valence-electron chi connectivity index (χ1n) is 7.17. The molecule has 1 aromatic carbocycles. The molecule has 0 spiro atoms. The number of hydrogen-bond donors (Lipinski definition) is 1. The van der Waals surface area contributed by atoms with Gasteiger partial charge < -0.3 is 9.80 Å². The molecule has 2 rings (SSSR count). The summed E-state index contributed by atoms with van der Waals surface area (Å²) in [5.41, 5.74) is 1.61. The van der Waals surface area contributed by atoms with Crippen LogP contribution >= 0.6 is 0 Å². The lowest BCUT2D eigenvalue weighted by molar-refractivity contribution is -0.385. The van der Waals surface area contributed by atoms with Crippen LogP contribution < -0.4 is 4.90 Å². The maximum absolute atomic E-state index is 12.5. The lowest BCUT2D eigenvalue weighted by atomic mass is 10.1. The molecule has 0 unspecified atom stereocenters. The van der Waals surface area contributed by atoms with Gasteiger partial charge in [0.05, 0.1) is 4.92 Å². The van der Waals surface area contributed by atoms with Gasteiger partial charge in [0.15, 0.2) is 0 Å². The molecule has 0 radical (unpaired) electrons. The Balaban J connectivity index is 2.17. The minimum absolute atomic E-state index is 0.0956. The number of benzene rings is 1. The maximum atomic E-state index is 12.5. The van der Waals surface area contributed by atoms with Crippen molar-refractivity contribution in [2.75, 3.05) is 25.5 Å². The van der Waals surface area contributed by atoms with Crippen LogP contribution in [0.1, 0.15) is 23.0 Å². The molecule has 8 nitrogen and oxygen atoms in total. The van der Waals surface area contributed by atoms with Crippen molar-refractivity contribution in [1.29, 1.82) is 0 Å². The first kappa shape index (κ1) is 16.5. The number of aromatic amines is 1. The van der Waals surface area contributed by atoms with Crippen molar-refractivity contribution in [2.24, 2.45) is 0 Å². The lowest BCUT2D eigenvalue weighted by Crippen LogP contribution is -2.31. The summed E-state index contributed by atoms with van der Waals surface area (Å²) in [5, 5.41) is 16.9. The third-order valence-corrected chi connectivity index (χ3v) is 3.52. The molecule has 1 aromatic heterocycles. The zero-order valence-electron chi connectivity index (χ0n) is 13.3. The summed E-state index contributed by atoms with van der Waals surface area (Å²) in [6.45, 7) is 2.64. The molecule has 0 aliphatic heterocycles. The molecule has 8 heteroatoms. The van der Waals surface area contributed by atoms with E-state index in [1.807, 2.05) is 50.2 Å². The molecule has 0 aliphatic carbocycles. The molecule has 23 heavy (non-hydrogen) atoms. The van der Waals surface area contributed by atoms with E-state index in [9.17, 15) is 14.9 Å². The highest BCUT2D eigenvalue weighted by Crippen LogP contribution is 2.19. The Morgan fingerprint density at radius 3 is 2.48 bits per heavy atom. The van der Waals surface area contributed by atoms with Gasteiger partial charge in [-0.2, -0.15) is 5.10 Å². The number of carbonyl (C=O) groups is 1. The molecule has 1 heterocycles. The smallest absolute Gasteiger partial charge is 0.319 e. The first-order chi connectivity index (χ1) is 10.9. The Hall–Kier alpha value is -2.90. The monoisotopic (exact) mass is 317 g/mol. The molecule has 0 aliphatic rings. The van der Waals surface area contributed by atoms with Crippen molar-refractivity contribution < 1.29 is 9.72 Å². The van der Waals surface area contributed by atoms with Gasteiger partial charge in [0, 0.05) is 32.9 Å². The van der Waals surface area contributed by atoms with Crippen LogP contribution in [0, 0.1) is 10.1 Å². The highest BCUT2D eigenvalue weighted by atomic mass is 16.6.